The van der Waals surface area contributed by atoms with E-state index < -0.39 is 12.5 Å². The standard InChI is InChI=1S/C21H25FO3/c1-15-19(23-13-17-9-5-3-6-10-17)16(2)25-21(22)20(15)24-14-18-11-7-4-8-12-18/h3-12,15-16,19-21H,13-14H2,1-2H3/t15?,16?,19-,20?,21?/m0/s1. The molecule has 1 heterocycles. The van der Waals surface area contributed by atoms with E-state index in [0.717, 1.165) is 11.1 Å². The number of halogens is 1. The summed E-state index contributed by atoms with van der Waals surface area (Å²) in [6, 6.07) is 19.7. The van der Waals surface area contributed by atoms with E-state index >= 15 is 0 Å². The number of benzene rings is 2. The molecule has 4 unspecified atom stereocenters. The summed E-state index contributed by atoms with van der Waals surface area (Å²) in [6.07, 6.45) is -2.61. The molecule has 0 radical (unpaired) electrons. The Hall–Kier alpha value is -1.75. The van der Waals surface area contributed by atoms with Crippen LogP contribution in [0.25, 0.3) is 0 Å². The van der Waals surface area contributed by atoms with Crippen molar-refractivity contribution >= 4 is 0 Å². The van der Waals surface area contributed by atoms with E-state index in [4.69, 9.17) is 14.2 Å². The van der Waals surface area contributed by atoms with Gasteiger partial charge in [0.2, 0.25) is 6.36 Å². The Kier molecular flexibility index (Phi) is 6.19. The summed E-state index contributed by atoms with van der Waals surface area (Å²) in [5, 5.41) is 0. The van der Waals surface area contributed by atoms with Gasteiger partial charge < -0.3 is 14.2 Å². The van der Waals surface area contributed by atoms with Gasteiger partial charge in [-0.25, -0.2) is 4.39 Å². The van der Waals surface area contributed by atoms with E-state index in [1.165, 1.54) is 0 Å². The summed E-state index contributed by atoms with van der Waals surface area (Å²) < 4.78 is 31.7. The maximum atomic E-state index is 14.4. The minimum atomic E-state index is -1.44. The Morgan fingerprint density at radius 1 is 0.800 bits per heavy atom. The van der Waals surface area contributed by atoms with Gasteiger partial charge >= 0.3 is 0 Å². The van der Waals surface area contributed by atoms with Crippen molar-refractivity contribution in [3.05, 3.63) is 71.8 Å². The molecule has 1 aliphatic rings. The van der Waals surface area contributed by atoms with Crippen LogP contribution >= 0.6 is 0 Å². The molecule has 1 fully saturated rings. The van der Waals surface area contributed by atoms with Crippen molar-refractivity contribution in [3.63, 3.8) is 0 Å². The first-order chi connectivity index (χ1) is 12.1. The highest BCUT2D eigenvalue weighted by atomic mass is 19.1. The predicted octanol–water partition coefficient (Wildman–Crippen LogP) is 4.51. The lowest BCUT2D eigenvalue weighted by Gasteiger charge is -2.41. The first-order valence-electron chi connectivity index (χ1n) is 8.75. The van der Waals surface area contributed by atoms with E-state index in [1.807, 2.05) is 74.5 Å². The third-order valence-electron chi connectivity index (χ3n) is 4.67. The van der Waals surface area contributed by atoms with Crippen molar-refractivity contribution < 1.29 is 18.6 Å². The van der Waals surface area contributed by atoms with Crippen molar-refractivity contribution in [1.29, 1.82) is 0 Å². The Morgan fingerprint density at radius 2 is 1.28 bits per heavy atom. The molecule has 0 aliphatic carbocycles. The molecule has 4 heteroatoms. The molecular formula is C21H25FO3. The molecule has 0 amide bonds. The predicted molar refractivity (Wildman–Crippen MR) is 94.6 cm³/mol. The molecule has 0 spiro atoms. The normalized spacial score (nSPS) is 29.5. The molecule has 134 valence electrons. The first-order valence-corrected chi connectivity index (χ1v) is 8.75. The van der Waals surface area contributed by atoms with E-state index in [0.29, 0.717) is 13.2 Å². The third kappa shape index (κ3) is 4.66. The summed E-state index contributed by atoms with van der Waals surface area (Å²) in [6.45, 7) is 4.66. The molecule has 3 rings (SSSR count). The van der Waals surface area contributed by atoms with Gasteiger partial charge in [-0.3, -0.25) is 0 Å². The molecule has 5 atom stereocenters. The minimum absolute atomic E-state index is 0.105. The fourth-order valence-corrected chi connectivity index (χ4v) is 3.26. The number of hydrogen-bond acceptors (Lipinski definition) is 3. The fourth-order valence-electron chi connectivity index (χ4n) is 3.26. The summed E-state index contributed by atoms with van der Waals surface area (Å²) >= 11 is 0. The lowest BCUT2D eigenvalue weighted by Crippen LogP contribution is -2.52. The number of rotatable bonds is 6. The van der Waals surface area contributed by atoms with Crippen molar-refractivity contribution in [3.8, 4) is 0 Å². The van der Waals surface area contributed by atoms with Gasteiger partial charge in [0.15, 0.2) is 0 Å². The smallest absolute Gasteiger partial charge is 0.226 e. The van der Waals surface area contributed by atoms with Crippen LogP contribution in [0.4, 0.5) is 4.39 Å². The van der Waals surface area contributed by atoms with E-state index in [2.05, 4.69) is 0 Å². The summed E-state index contributed by atoms with van der Waals surface area (Å²) in [7, 11) is 0. The molecule has 2 aromatic carbocycles. The van der Waals surface area contributed by atoms with Crippen molar-refractivity contribution in [2.24, 2.45) is 5.92 Å². The highest BCUT2D eigenvalue weighted by molar-refractivity contribution is 5.14. The first kappa shape index (κ1) is 18.1. The van der Waals surface area contributed by atoms with Gasteiger partial charge in [-0.05, 0) is 18.1 Å². The fraction of sp³-hybridized carbons (Fsp3) is 0.429. The van der Waals surface area contributed by atoms with Gasteiger partial charge in [-0.15, -0.1) is 0 Å². The molecule has 25 heavy (non-hydrogen) atoms. The second kappa shape index (κ2) is 8.56. The lowest BCUT2D eigenvalue weighted by atomic mass is 9.91. The zero-order chi connectivity index (χ0) is 17.6. The van der Waals surface area contributed by atoms with Crippen LogP contribution in [-0.2, 0) is 27.4 Å². The molecule has 0 N–H and O–H groups in total. The molecular weight excluding hydrogens is 319 g/mol. The largest absolute Gasteiger partial charge is 0.370 e. The van der Waals surface area contributed by atoms with Crippen LogP contribution in [0, 0.1) is 5.92 Å². The molecule has 0 aromatic heterocycles. The molecule has 3 nitrogen and oxygen atoms in total. The quantitative estimate of drug-likeness (QED) is 0.772. The van der Waals surface area contributed by atoms with Crippen LogP contribution in [-0.4, -0.2) is 24.7 Å². The van der Waals surface area contributed by atoms with Gasteiger partial charge in [0.05, 0.1) is 25.4 Å². The van der Waals surface area contributed by atoms with Crippen LogP contribution in [0.5, 0.6) is 0 Å². The van der Waals surface area contributed by atoms with Crippen LogP contribution < -0.4 is 0 Å². The molecule has 0 bridgehead atoms. The average Bonchev–Trinajstić information content (AvgIpc) is 2.63. The summed E-state index contributed by atoms with van der Waals surface area (Å²) in [4.78, 5) is 0. The molecule has 0 saturated carbocycles. The van der Waals surface area contributed by atoms with E-state index in [-0.39, 0.29) is 18.1 Å². The molecule has 2 aromatic rings. The van der Waals surface area contributed by atoms with E-state index in [9.17, 15) is 4.39 Å². The number of hydrogen-bond donors (Lipinski definition) is 0. The SMILES string of the molecule is CC1OC(F)C(OCc2ccccc2)C(C)[C@@H]1OCc1ccccc1. The molecule has 1 saturated heterocycles. The lowest BCUT2D eigenvalue weighted by molar-refractivity contribution is -0.258. The zero-order valence-electron chi connectivity index (χ0n) is 14.7. The second-order valence-corrected chi connectivity index (χ2v) is 6.57. The maximum Gasteiger partial charge on any atom is 0.226 e. The van der Waals surface area contributed by atoms with Crippen molar-refractivity contribution in [2.75, 3.05) is 0 Å². The maximum absolute atomic E-state index is 14.4. The third-order valence-corrected chi connectivity index (χ3v) is 4.67. The van der Waals surface area contributed by atoms with Gasteiger partial charge in [-0.2, -0.15) is 0 Å². The summed E-state index contributed by atoms with van der Waals surface area (Å²) in [5.41, 5.74) is 2.10. The van der Waals surface area contributed by atoms with Gasteiger partial charge in [-0.1, -0.05) is 67.6 Å². The van der Waals surface area contributed by atoms with E-state index in [1.54, 1.807) is 0 Å². The minimum Gasteiger partial charge on any atom is -0.370 e. The average molecular weight is 344 g/mol. The molecule has 1 aliphatic heterocycles. The van der Waals surface area contributed by atoms with Crippen LogP contribution in [0.15, 0.2) is 60.7 Å². The summed E-state index contributed by atoms with van der Waals surface area (Å²) in [5.74, 6) is -0.105. The Bertz CT molecular complexity index is 579. The second-order valence-electron chi connectivity index (χ2n) is 6.57. The highest BCUT2D eigenvalue weighted by Crippen LogP contribution is 2.32. The van der Waals surface area contributed by atoms with Gasteiger partial charge in [0.25, 0.3) is 0 Å². The topological polar surface area (TPSA) is 27.7 Å². The highest BCUT2D eigenvalue weighted by Gasteiger charge is 2.43. The van der Waals surface area contributed by atoms with Crippen LogP contribution in [0.1, 0.15) is 25.0 Å². The Morgan fingerprint density at radius 3 is 1.80 bits per heavy atom. The van der Waals surface area contributed by atoms with Gasteiger partial charge in [0.1, 0.15) is 6.10 Å². The van der Waals surface area contributed by atoms with Crippen LogP contribution in [0.3, 0.4) is 0 Å². The monoisotopic (exact) mass is 344 g/mol. The number of ether oxygens (including phenoxy) is 3. The number of alkyl halides is 1. The van der Waals surface area contributed by atoms with Crippen LogP contribution in [0.2, 0.25) is 0 Å². The Labute approximate surface area is 148 Å². The Balaban J connectivity index is 1.61. The van der Waals surface area contributed by atoms with Gasteiger partial charge in [0, 0.05) is 5.92 Å². The zero-order valence-corrected chi connectivity index (χ0v) is 14.7. The van der Waals surface area contributed by atoms with Crippen molar-refractivity contribution in [1.82, 2.24) is 0 Å². The van der Waals surface area contributed by atoms with Crippen molar-refractivity contribution in [2.45, 2.75) is 51.7 Å².